The predicted molar refractivity (Wildman–Crippen MR) is 103 cm³/mol. The predicted octanol–water partition coefficient (Wildman–Crippen LogP) is 3.39. The average Bonchev–Trinajstić information content (AvgIpc) is 3.00. The highest BCUT2D eigenvalue weighted by Gasteiger charge is 2.64. The third-order valence-corrected chi connectivity index (χ3v) is 10.0. The minimum atomic E-state index is -0.278. The highest BCUT2D eigenvalue weighted by atomic mass is 16.5. The minimum absolute atomic E-state index is 0.0756. The smallest absolute Gasteiger partial charge is 0.0704 e. The van der Waals surface area contributed by atoms with E-state index in [2.05, 4.69) is 13.8 Å². The minimum Gasteiger partial charge on any atom is -0.396 e. The first-order chi connectivity index (χ1) is 13.0. The van der Waals surface area contributed by atoms with Crippen LogP contribution in [0.3, 0.4) is 0 Å². The van der Waals surface area contributed by atoms with Gasteiger partial charge in [0, 0.05) is 12.0 Å². The van der Waals surface area contributed by atoms with E-state index < -0.39 is 0 Å². The summed E-state index contributed by atoms with van der Waals surface area (Å²) in [6.07, 6.45) is 9.16. The molecule has 2 N–H and O–H groups in total. The zero-order valence-electron chi connectivity index (χ0n) is 17.1. The van der Waals surface area contributed by atoms with Crippen molar-refractivity contribution in [2.75, 3.05) is 19.8 Å². The molecule has 0 aromatic carbocycles. The Morgan fingerprint density at radius 2 is 1.78 bits per heavy atom. The second-order valence-corrected chi connectivity index (χ2v) is 10.8. The molecule has 4 aliphatic carbocycles. The molecule has 0 spiro atoms. The highest BCUT2D eigenvalue weighted by Crippen LogP contribution is 2.68. The fourth-order valence-corrected chi connectivity index (χ4v) is 8.95. The largest absolute Gasteiger partial charge is 0.396 e. The fraction of sp³-hybridized carbons (Fsp3) is 1.00. The molecule has 4 saturated carbocycles. The lowest BCUT2D eigenvalue weighted by Gasteiger charge is -2.63. The molecule has 0 aromatic heterocycles. The Labute approximate surface area is 164 Å². The second kappa shape index (κ2) is 6.68. The van der Waals surface area contributed by atoms with Crippen LogP contribution in [-0.4, -0.2) is 48.3 Å². The van der Waals surface area contributed by atoms with E-state index in [1.807, 2.05) is 0 Å². The number of hydrogen-bond donors (Lipinski definition) is 2. The van der Waals surface area contributed by atoms with Crippen molar-refractivity contribution in [3.8, 4) is 0 Å². The molecular formula is C23H38O4. The van der Waals surface area contributed by atoms with Gasteiger partial charge in [-0.2, -0.15) is 0 Å². The first kappa shape index (κ1) is 18.8. The summed E-state index contributed by atoms with van der Waals surface area (Å²) in [6.45, 7) is 6.29. The Bertz CT molecular complexity index is 567. The van der Waals surface area contributed by atoms with Crippen molar-refractivity contribution in [3.63, 3.8) is 0 Å². The van der Waals surface area contributed by atoms with Crippen LogP contribution >= 0.6 is 0 Å². The third kappa shape index (κ3) is 2.62. The average molecular weight is 379 g/mol. The van der Waals surface area contributed by atoms with Gasteiger partial charge in [0.25, 0.3) is 0 Å². The molecule has 5 heterocycles. The zero-order chi connectivity index (χ0) is 18.8. The van der Waals surface area contributed by atoms with E-state index in [1.54, 1.807) is 0 Å². The Balaban J connectivity index is 1.57. The molecule has 8 bridgehead atoms. The third-order valence-electron chi connectivity index (χ3n) is 10.0. The quantitative estimate of drug-likeness (QED) is 0.734. The van der Waals surface area contributed by atoms with E-state index in [9.17, 15) is 10.2 Å². The maximum Gasteiger partial charge on any atom is 0.0704 e. The molecule has 4 heteroatoms. The number of aliphatic hydroxyl groups is 2. The summed E-state index contributed by atoms with van der Waals surface area (Å²) in [5.74, 6) is 2.56. The van der Waals surface area contributed by atoms with Crippen LogP contribution in [0.15, 0.2) is 0 Å². The van der Waals surface area contributed by atoms with Gasteiger partial charge in [0.1, 0.15) is 0 Å². The highest BCUT2D eigenvalue weighted by molar-refractivity contribution is 5.13. The first-order valence-electron chi connectivity index (χ1n) is 11.5. The van der Waals surface area contributed by atoms with Crippen molar-refractivity contribution in [2.45, 2.75) is 83.5 Å². The van der Waals surface area contributed by atoms with Crippen molar-refractivity contribution in [2.24, 2.45) is 40.4 Å². The maximum absolute atomic E-state index is 11.5. The summed E-state index contributed by atoms with van der Waals surface area (Å²) in [4.78, 5) is 0. The van der Waals surface area contributed by atoms with E-state index in [-0.39, 0.29) is 35.6 Å². The Morgan fingerprint density at radius 3 is 2.59 bits per heavy atom. The summed E-state index contributed by atoms with van der Waals surface area (Å²) >= 11 is 0. The van der Waals surface area contributed by atoms with Gasteiger partial charge in [0.15, 0.2) is 0 Å². The van der Waals surface area contributed by atoms with Crippen molar-refractivity contribution in [1.82, 2.24) is 0 Å². The van der Waals surface area contributed by atoms with Crippen LogP contribution in [0.1, 0.15) is 65.2 Å². The van der Waals surface area contributed by atoms with Crippen LogP contribution < -0.4 is 0 Å². The maximum atomic E-state index is 11.5. The van der Waals surface area contributed by atoms with Gasteiger partial charge in [-0.1, -0.05) is 6.92 Å². The van der Waals surface area contributed by atoms with E-state index in [0.29, 0.717) is 43.0 Å². The number of rotatable bonds is 1. The van der Waals surface area contributed by atoms with Gasteiger partial charge in [-0.3, -0.25) is 0 Å². The second-order valence-electron chi connectivity index (χ2n) is 10.8. The van der Waals surface area contributed by atoms with Gasteiger partial charge >= 0.3 is 0 Å². The van der Waals surface area contributed by atoms with E-state index in [1.165, 1.54) is 25.7 Å². The molecule has 9 fully saturated rings. The number of fused-ring (bicyclic) bond motifs is 1. The first-order valence-corrected chi connectivity index (χ1v) is 11.5. The van der Waals surface area contributed by atoms with Crippen molar-refractivity contribution in [1.29, 1.82) is 0 Å². The van der Waals surface area contributed by atoms with E-state index >= 15 is 0 Å². The molecule has 4 nitrogen and oxygen atoms in total. The van der Waals surface area contributed by atoms with Gasteiger partial charge in [0.05, 0.1) is 31.5 Å². The summed E-state index contributed by atoms with van der Waals surface area (Å²) in [5.41, 5.74) is 0.0967. The van der Waals surface area contributed by atoms with Crippen molar-refractivity contribution >= 4 is 0 Å². The summed E-state index contributed by atoms with van der Waals surface area (Å²) in [6, 6.07) is 0. The fourth-order valence-electron chi connectivity index (χ4n) is 8.95. The Hall–Kier alpha value is -0.160. The summed E-state index contributed by atoms with van der Waals surface area (Å²) < 4.78 is 12.5. The lowest BCUT2D eigenvalue weighted by atomic mass is 9.43. The van der Waals surface area contributed by atoms with E-state index in [0.717, 1.165) is 25.7 Å². The molecule has 0 amide bonds. The molecule has 5 aliphatic heterocycles. The normalized spacial score (nSPS) is 57.8. The lowest BCUT2D eigenvalue weighted by molar-refractivity contribution is -0.209. The summed E-state index contributed by atoms with van der Waals surface area (Å²) in [7, 11) is 0. The van der Waals surface area contributed by atoms with Crippen LogP contribution in [0, 0.1) is 40.4 Å². The van der Waals surface area contributed by atoms with Crippen molar-refractivity contribution in [3.05, 3.63) is 0 Å². The zero-order valence-corrected chi connectivity index (χ0v) is 17.1. The van der Waals surface area contributed by atoms with Gasteiger partial charge in [0.2, 0.25) is 0 Å². The van der Waals surface area contributed by atoms with Gasteiger partial charge in [-0.05, 0) is 93.3 Å². The number of hydrogen-bond acceptors (Lipinski definition) is 4. The van der Waals surface area contributed by atoms with Crippen LogP contribution in [0.25, 0.3) is 0 Å². The topological polar surface area (TPSA) is 58.9 Å². The molecule has 154 valence electrons. The molecule has 5 saturated heterocycles. The molecule has 2 unspecified atom stereocenters. The lowest BCUT2D eigenvalue weighted by Crippen LogP contribution is -2.62. The number of ether oxygens (including phenoxy) is 2. The molecule has 9 aliphatic rings. The van der Waals surface area contributed by atoms with E-state index in [4.69, 9.17) is 9.47 Å². The Morgan fingerprint density at radius 1 is 1.00 bits per heavy atom. The van der Waals surface area contributed by atoms with Gasteiger partial charge in [-0.15, -0.1) is 0 Å². The van der Waals surface area contributed by atoms with Gasteiger partial charge < -0.3 is 19.7 Å². The molecule has 0 aromatic rings. The standard InChI is InChI=1S/C23H38O4/c1-14-18-5-6-19-17-4-3-15-11-16(27-10-9-26-14)7-8-23(15,13-24)21(17)20(25)12-22(18,19)2/h14-21,24-25H,3-13H2,1-2H3/t14?,15-,16?,17-,18+,19-,20-,21+,22+,23+/m0/s1. The molecule has 10 atom stereocenters. The van der Waals surface area contributed by atoms with Crippen molar-refractivity contribution < 1.29 is 19.7 Å². The van der Waals surface area contributed by atoms with Crippen LogP contribution in [-0.2, 0) is 9.47 Å². The Kier molecular flexibility index (Phi) is 4.66. The molecule has 27 heavy (non-hydrogen) atoms. The number of aliphatic hydroxyl groups excluding tert-OH is 2. The van der Waals surface area contributed by atoms with Crippen LogP contribution in [0.4, 0.5) is 0 Å². The molecule has 9 rings (SSSR count). The van der Waals surface area contributed by atoms with Crippen LogP contribution in [0.5, 0.6) is 0 Å². The summed E-state index contributed by atoms with van der Waals surface area (Å²) in [5, 5.41) is 22.1. The SMILES string of the molecule is CC1OCCOC2CC[C@@]3(CO)[C@@H](CC[C@@H]4[C@@H]3[C@@H](O)C[C@]3(C)[C@@H]1CC[C@@H]43)C2. The van der Waals surface area contributed by atoms with Crippen LogP contribution in [0.2, 0.25) is 0 Å². The molecular weight excluding hydrogens is 340 g/mol. The van der Waals surface area contributed by atoms with Gasteiger partial charge in [-0.25, -0.2) is 0 Å². The molecule has 0 radical (unpaired) electrons. The monoisotopic (exact) mass is 378 g/mol.